The molecule has 1 heterocycles. The molecule has 0 aromatic carbocycles. The van der Waals surface area contributed by atoms with Gasteiger partial charge < -0.3 is 15.4 Å². The Hall–Kier alpha value is -1.80. The number of nitrogens with one attached hydrogen (secondary N) is 2. The van der Waals surface area contributed by atoms with Crippen LogP contribution in [0, 0.1) is 0 Å². The number of nitrogens with zero attached hydrogens (tertiary/aromatic N) is 2. The summed E-state index contributed by atoms with van der Waals surface area (Å²) in [7, 11) is 2.83. The zero-order valence-corrected chi connectivity index (χ0v) is 9.68. The van der Waals surface area contributed by atoms with E-state index in [1.54, 1.807) is 7.05 Å². The Morgan fingerprint density at radius 2 is 1.94 bits per heavy atom. The maximum Gasteiger partial charge on any atom is 0.324 e. The van der Waals surface area contributed by atoms with Crippen LogP contribution in [0.25, 0.3) is 0 Å². The first kappa shape index (κ1) is 14.3. The summed E-state index contributed by atoms with van der Waals surface area (Å²) in [6.07, 6.45) is -2.65. The molecule has 2 N–H and O–H groups in total. The maximum absolute atomic E-state index is 12.7. The van der Waals surface area contributed by atoms with Gasteiger partial charge in [-0.25, -0.2) is 18.7 Å². The molecule has 0 aliphatic carbocycles. The average molecular weight is 268 g/mol. The number of alkyl halides is 4. The lowest BCUT2D eigenvalue weighted by Crippen LogP contribution is -2.35. The first-order valence-corrected chi connectivity index (χ1v) is 4.89. The molecule has 1 aromatic heterocycles. The Morgan fingerprint density at radius 3 is 2.44 bits per heavy atom. The molecule has 0 unspecified atom stereocenters. The SMILES string of the molecule is CNc1ncnc(NCC(F)(F)C(F)F)c1OC. The van der Waals surface area contributed by atoms with E-state index in [0.29, 0.717) is 0 Å². The number of halogens is 4. The van der Waals surface area contributed by atoms with Gasteiger partial charge in [0.1, 0.15) is 6.33 Å². The van der Waals surface area contributed by atoms with E-state index in [1.165, 1.54) is 7.11 Å². The fraction of sp³-hybridized carbons (Fsp3) is 0.556. The summed E-state index contributed by atoms with van der Waals surface area (Å²) in [5, 5.41) is 4.77. The van der Waals surface area contributed by atoms with Crippen molar-refractivity contribution in [3.8, 4) is 5.75 Å². The minimum absolute atomic E-state index is 0.0741. The second-order valence-corrected chi connectivity index (χ2v) is 3.27. The van der Waals surface area contributed by atoms with Crippen molar-refractivity contribution in [2.75, 3.05) is 31.3 Å². The third-order valence-corrected chi connectivity index (χ3v) is 2.06. The molecule has 102 valence electrons. The van der Waals surface area contributed by atoms with Gasteiger partial charge in [-0.05, 0) is 0 Å². The minimum Gasteiger partial charge on any atom is -0.490 e. The third kappa shape index (κ3) is 3.11. The first-order valence-electron chi connectivity index (χ1n) is 4.89. The molecule has 0 saturated heterocycles. The molecule has 0 aliphatic rings. The molecule has 9 heteroatoms. The van der Waals surface area contributed by atoms with Crippen molar-refractivity contribution < 1.29 is 22.3 Å². The zero-order valence-electron chi connectivity index (χ0n) is 9.68. The molecule has 1 aromatic rings. The van der Waals surface area contributed by atoms with E-state index in [0.717, 1.165) is 6.33 Å². The van der Waals surface area contributed by atoms with Gasteiger partial charge in [0.25, 0.3) is 0 Å². The highest BCUT2D eigenvalue weighted by molar-refractivity contribution is 5.63. The molecular weight excluding hydrogens is 256 g/mol. The predicted octanol–water partition coefficient (Wildman–Crippen LogP) is 1.84. The lowest BCUT2D eigenvalue weighted by Gasteiger charge is -2.17. The van der Waals surface area contributed by atoms with Gasteiger partial charge in [-0.1, -0.05) is 0 Å². The maximum atomic E-state index is 12.7. The summed E-state index contributed by atoms with van der Waals surface area (Å²) in [6, 6.07) is 0. The van der Waals surface area contributed by atoms with Gasteiger partial charge in [-0.3, -0.25) is 0 Å². The van der Waals surface area contributed by atoms with E-state index >= 15 is 0 Å². The van der Waals surface area contributed by atoms with Crippen LogP contribution in [0.15, 0.2) is 6.33 Å². The van der Waals surface area contributed by atoms with Crippen molar-refractivity contribution in [1.29, 1.82) is 0 Å². The van der Waals surface area contributed by atoms with E-state index < -0.39 is 18.9 Å². The summed E-state index contributed by atoms with van der Waals surface area (Å²) in [6.45, 7) is -1.25. The molecule has 18 heavy (non-hydrogen) atoms. The first-order chi connectivity index (χ1) is 8.42. The largest absolute Gasteiger partial charge is 0.490 e. The van der Waals surface area contributed by atoms with Crippen LogP contribution in [0.1, 0.15) is 0 Å². The van der Waals surface area contributed by atoms with Crippen molar-refractivity contribution >= 4 is 11.6 Å². The molecule has 0 amide bonds. The smallest absolute Gasteiger partial charge is 0.324 e. The molecule has 0 bridgehead atoms. The monoisotopic (exact) mass is 268 g/mol. The molecule has 0 spiro atoms. The zero-order chi connectivity index (χ0) is 13.8. The molecule has 0 radical (unpaired) electrons. The standard InChI is InChI=1S/C9H12F4N4O/c1-14-6-5(18-2)7(17-4-16-6)15-3-9(12,13)8(10)11/h4,8H,3H2,1-2H3,(H2,14,15,16,17). The molecule has 5 nitrogen and oxygen atoms in total. The van der Waals surface area contributed by atoms with Gasteiger partial charge in [0.2, 0.25) is 5.75 Å². The van der Waals surface area contributed by atoms with E-state index in [-0.39, 0.29) is 17.4 Å². The Labute approximate surface area is 101 Å². The minimum atomic E-state index is -4.14. The number of ether oxygens (including phenoxy) is 1. The quantitative estimate of drug-likeness (QED) is 0.771. The van der Waals surface area contributed by atoms with Crippen LogP contribution in [0.2, 0.25) is 0 Å². The van der Waals surface area contributed by atoms with Crippen molar-refractivity contribution in [2.24, 2.45) is 0 Å². The number of rotatable bonds is 6. The highest BCUT2D eigenvalue weighted by Crippen LogP contribution is 2.30. The van der Waals surface area contributed by atoms with Crippen LogP contribution < -0.4 is 15.4 Å². The highest BCUT2D eigenvalue weighted by atomic mass is 19.3. The van der Waals surface area contributed by atoms with Crippen LogP contribution >= 0.6 is 0 Å². The van der Waals surface area contributed by atoms with Crippen LogP contribution in [0.5, 0.6) is 5.75 Å². The predicted molar refractivity (Wildman–Crippen MR) is 57.6 cm³/mol. The summed E-state index contributed by atoms with van der Waals surface area (Å²) >= 11 is 0. The number of hydrogen-bond acceptors (Lipinski definition) is 5. The molecule has 0 saturated carbocycles. The number of anilines is 2. The van der Waals surface area contributed by atoms with Gasteiger partial charge in [0, 0.05) is 7.05 Å². The average Bonchev–Trinajstić information content (AvgIpc) is 2.35. The van der Waals surface area contributed by atoms with Crippen molar-refractivity contribution in [3.05, 3.63) is 6.33 Å². The number of methoxy groups -OCH3 is 1. The van der Waals surface area contributed by atoms with Crippen LogP contribution in [0.3, 0.4) is 0 Å². The molecule has 0 aliphatic heterocycles. The van der Waals surface area contributed by atoms with Crippen LogP contribution in [-0.2, 0) is 0 Å². The number of hydrogen-bond donors (Lipinski definition) is 2. The Morgan fingerprint density at radius 1 is 1.33 bits per heavy atom. The van der Waals surface area contributed by atoms with Crippen molar-refractivity contribution in [2.45, 2.75) is 12.3 Å². The van der Waals surface area contributed by atoms with Gasteiger partial charge >= 0.3 is 12.3 Å². The summed E-state index contributed by atoms with van der Waals surface area (Å²) in [4.78, 5) is 7.44. The summed E-state index contributed by atoms with van der Waals surface area (Å²) < 4.78 is 54.3. The molecule has 0 fully saturated rings. The Kier molecular flexibility index (Phi) is 4.51. The molecular formula is C9H12F4N4O. The fourth-order valence-corrected chi connectivity index (χ4v) is 1.15. The fourth-order valence-electron chi connectivity index (χ4n) is 1.15. The molecule has 0 atom stereocenters. The second-order valence-electron chi connectivity index (χ2n) is 3.27. The Bertz CT molecular complexity index is 402. The van der Waals surface area contributed by atoms with Crippen molar-refractivity contribution in [3.63, 3.8) is 0 Å². The van der Waals surface area contributed by atoms with E-state index in [4.69, 9.17) is 4.74 Å². The normalized spacial score (nSPS) is 11.5. The van der Waals surface area contributed by atoms with Crippen molar-refractivity contribution in [1.82, 2.24) is 9.97 Å². The van der Waals surface area contributed by atoms with E-state index in [9.17, 15) is 17.6 Å². The lowest BCUT2D eigenvalue weighted by atomic mass is 10.3. The van der Waals surface area contributed by atoms with E-state index in [2.05, 4.69) is 20.6 Å². The van der Waals surface area contributed by atoms with Gasteiger partial charge in [-0.2, -0.15) is 8.78 Å². The highest BCUT2D eigenvalue weighted by Gasteiger charge is 2.40. The van der Waals surface area contributed by atoms with Crippen LogP contribution in [-0.4, -0.2) is 43.0 Å². The number of aromatic nitrogens is 2. The van der Waals surface area contributed by atoms with Gasteiger partial charge in [0.05, 0.1) is 13.7 Å². The van der Waals surface area contributed by atoms with Gasteiger partial charge in [-0.15, -0.1) is 0 Å². The molecule has 1 rings (SSSR count). The Balaban J connectivity index is 2.85. The van der Waals surface area contributed by atoms with E-state index in [1.807, 2.05) is 0 Å². The van der Waals surface area contributed by atoms with Gasteiger partial charge in [0.15, 0.2) is 11.6 Å². The van der Waals surface area contributed by atoms with Crippen LogP contribution in [0.4, 0.5) is 29.2 Å². The third-order valence-electron chi connectivity index (χ3n) is 2.06. The topological polar surface area (TPSA) is 59.1 Å². The second kappa shape index (κ2) is 5.69. The summed E-state index contributed by atoms with van der Waals surface area (Å²) in [5.74, 6) is -3.90. The summed E-state index contributed by atoms with van der Waals surface area (Å²) in [5.41, 5.74) is 0. The lowest BCUT2D eigenvalue weighted by molar-refractivity contribution is -0.117.